The Hall–Kier alpha value is -1.00. The monoisotopic (exact) mass is 317 g/mol. The van der Waals surface area contributed by atoms with Gasteiger partial charge < -0.3 is 10.1 Å². The largest absolute Gasteiger partial charge is 0.375 e. The third-order valence-electron chi connectivity index (χ3n) is 5.33. The van der Waals surface area contributed by atoms with Crippen LogP contribution >= 0.6 is 0 Å². The van der Waals surface area contributed by atoms with Crippen molar-refractivity contribution < 1.29 is 4.74 Å². The second-order valence-corrected chi connectivity index (χ2v) is 7.49. The summed E-state index contributed by atoms with van der Waals surface area (Å²) in [5.74, 6) is 1.78. The predicted octanol–water partition coefficient (Wildman–Crippen LogP) is 4.03. The molecule has 1 aromatic heterocycles. The molecule has 0 bridgehead atoms. The highest BCUT2D eigenvalue weighted by molar-refractivity contribution is 4.98. The van der Waals surface area contributed by atoms with Crippen LogP contribution < -0.4 is 5.32 Å². The molecule has 2 fully saturated rings. The van der Waals surface area contributed by atoms with Crippen molar-refractivity contribution in [1.29, 1.82) is 0 Å². The van der Waals surface area contributed by atoms with E-state index in [0.29, 0.717) is 18.2 Å². The van der Waals surface area contributed by atoms with Crippen LogP contribution in [0.2, 0.25) is 0 Å². The lowest BCUT2D eigenvalue weighted by atomic mass is 9.84. The molecule has 0 aromatic carbocycles. The van der Waals surface area contributed by atoms with Crippen molar-refractivity contribution in [3.8, 4) is 0 Å². The fraction of sp³-hybridized carbons (Fsp3) is 0.789. The molecule has 3 atom stereocenters. The van der Waals surface area contributed by atoms with Crippen molar-refractivity contribution in [2.24, 2.45) is 5.92 Å². The maximum Gasteiger partial charge on any atom is 0.145 e. The highest BCUT2D eigenvalue weighted by atomic mass is 16.5. The van der Waals surface area contributed by atoms with Crippen molar-refractivity contribution in [2.75, 3.05) is 0 Å². The van der Waals surface area contributed by atoms with Gasteiger partial charge in [0.25, 0.3) is 0 Å². The van der Waals surface area contributed by atoms with E-state index < -0.39 is 0 Å². The number of aromatic nitrogens is 2. The van der Waals surface area contributed by atoms with Gasteiger partial charge in [0.15, 0.2) is 0 Å². The van der Waals surface area contributed by atoms with Gasteiger partial charge in [0.05, 0.1) is 18.2 Å². The van der Waals surface area contributed by atoms with Gasteiger partial charge >= 0.3 is 0 Å². The van der Waals surface area contributed by atoms with Gasteiger partial charge in [-0.05, 0) is 45.1 Å². The van der Waals surface area contributed by atoms with Crippen molar-refractivity contribution in [2.45, 2.75) is 89.5 Å². The van der Waals surface area contributed by atoms with Crippen LogP contribution in [0.5, 0.6) is 0 Å². The van der Waals surface area contributed by atoms with E-state index in [4.69, 9.17) is 4.74 Å². The van der Waals surface area contributed by atoms with Gasteiger partial charge in [-0.15, -0.1) is 0 Å². The lowest BCUT2D eigenvalue weighted by Crippen LogP contribution is -2.43. The molecular weight excluding hydrogens is 286 g/mol. The smallest absolute Gasteiger partial charge is 0.145 e. The topological polar surface area (TPSA) is 47.0 Å². The summed E-state index contributed by atoms with van der Waals surface area (Å²) in [6.07, 6.45) is 14.7. The summed E-state index contributed by atoms with van der Waals surface area (Å²) >= 11 is 0. The van der Waals surface area contributed by atoms with Gasteiger partial charge in [-0.1, -0.05) is 32.1 Å². The van der Waals surface area contributed by atoms with Gasteiger partial charge in [0, 0.05) is 18.4 Å². The highest BCUT2D eigenvalue weighted by Crippen LogP contribution is 2.32. The number of nitrogens with one attached hydrogen (secondary N) is 1. The average Bonchev–Trinajstić information content (AvgIpc) is 2.55. The lowest BCUT2D eigenvalue weighted by Gasteiger charge is -2.36. The molecule has 1 N–H and O–H groups in total. The first-order valence-electron chi connectivity index (χ1n) is 9.39. The summed E-state index contributed by atoms with van der Waals surface area (Å²) in [5.41, 5.74) is 0. The molecule has 128 valence electrons. The van der Waals surface area contributed by atoms with E-state index in [2.05, 4.69) is 29.1 Å². The summed E-state index contributed by atoms with van der Waals surface area (Å²) in [6, 6.07) is 2.69. The zero-order chi connectivity index (χ0) is 16.1. The number of hydrogen-bond donors (Lipinski definition) is 1. The van der Waals surface area contributed by atoms with Crippen LogP contribution in [0, 0.1) is 5.92 Å². The third-order valence-corrected chi connectivity index (χ3v) is 5.33. The van der Waals surface area contributed by atoms with Gasteiger partial charge in [0.1, 0.15) is 5.82 Å². The minimum atomic E-state index is 0.279. The van der Waals surface area contributed by atoms with E-state index in [1.54, 1.807) is 0 Å². The normalized spacial score (nSPS) is 31.0. The maximum absolute atomic E-state index is 5.88. The second-order valence-electron chi connectivity index (χ2n) is 7.49. The van der Waals surface area contributed by atoms with Crippen molar-refractivity contribution >= 4 is 0 Å². The molecule has 4 nitrogen and oxygen atoms in total. The average molecular weight is 317 g/mol. The van der Waals surface area contributed by atoms with Crippen LogP contribution in [0.3, 0.4) is 0 Å². The van der Waals surface area contributed by atoms with Crippen LogP contribution in [-0.4, -0.2) is 28.2 Å². The zero-order valence-corrected chi connectivity index (χ0v) is 14.6. The molecule has 0 radical (unpaired) electrons. The Kier molecular flexibility index (Phi) is 6.01. The first-order valence-corrected chi connectivity index (χ1v) is 9.39. The molecule has 1 aliphatic carbocycles. The molecule has 4 heteroatoms. The van der Waals surface area contributed by atoms with Gasteiger partial charge in [-0.2, -0.15) is 0 Å². The second kappa shape index (κ2) is 8.20. The van der Waals surface area contributed by atoms with Crippen LogP contribution in [0.15, 0.2) is 18.5 Å². The van der Waals surface area contributed by atoms with Crippen LogP contribution in [0.4, 0.5) is 0 Å². The molecule has 0 spiro atoms. The molecule has 2 aliphatic rings. The summed E-state index contributed by atoms with van der Waals surface area (Å²) in [7, 11) is 0. The van der Waals surface area contributed by atoms with E-state index in [9.17, 15) is 0 Å². The first-order chi connectivity index (χ1) is 11.2. The molecule has 1 saturated heterocycles. The van der Waals surface area contributed by atoms with Crippen molar-refractivity contribution in [3.05, 3.63) is 24.3 Å². The standard InChI is InChI=1S/C19H31N3O/c1-14-11-17(12-15(2)23-14)22-18(19-20-9-6-10-21-19)13-16-7-4-3-5-8-16/h6,9-10,14-18,22H,3-5,7-8,11-13H2,1-2H3. The minimum absolute atomic E-state index is 0.279. The van der Waals surface area contributed by atoms with Gasteiger partial charge in [0.2, 0.25) is 0 Å². The Bertz CT molecular complexity index is 451. The Morgan fingerprint density at radius 1 is 1.09 bits per heavy atom. The van der Waals surface area contributed by atoms with Crippen LogP contribution in [0.1, 0.15) is 77.1 Å². The molecule has 1 aromatic rings. The Morgan fingerprint density at radius 3 is 2.39 bits per heavy atom. The Morgan fingerprint density at radius 2 is 1.74 bits per heavy atom. The van der Waals surface area contributed by atoms with Gasteiger partial charge in [-0.25, -0.2) is 9.97 Å². The molecule has 3 rings (SSSR count). The molecule has 1 aliphatic heterocycles. The molecule has 1 saturated carbocycles. The zero-order valence-electron chi connectivity index (χ0n) is 14.6. The van der Waals surface area contributed by atoms with Crippen molar-refractivity contribution in [3.63, 3.8) is 0 Å². The lowest BCUT2D eigenvalue weighted by molar-refractivity contribution is -0.0442. The Balaban J connectivity index is 1.67. The number of ether oxygens (including phenoxy) is 1. The predicted molar refractivity (Wildman–Crippen MR) is 92.1 cm³/mol. The van der Waals surface area contributed by atoms with E-state index in [-0.39, 0.29) is 6.04 Å². The first kappa shape index (κ1) is 16.8. The number of hydrogen-bond acceptors (Lipinski definition) is 4. The molecule has 2 heterocycles. The van der Waals surface area contributed by atoms with E-state index in [1.807, 2.05) is 18.5 Å². The summed E-state index contributed by atoms with van der Waals surface area (Å²) < 4.78 is 5.88. The molecule has 23 heavy (non-hydrogen) atoms. The van der Waals surface area contributed by atoms with Crippen LogP contribution in [-0.2, 0) is 4.74 Å². The summed E-state index contributed by atoms with van der Waals surface area (Å²) in [6.45, 7) is 4.36. The van der Waals surface area contributed by atoms with Crippen molar-refractivity contribution in [1.82, 2.24) is 15.3 Å². The minimum Gasteiger partial charge on any atom is -0.375 e. The Labute approximate surface area is 140 Å². The number of rotatable bonds is 5. The van der Waals surface area contributed by atoms with Gasteiger partial charge in [-0.3, -0.25) is 0 Å². The number of nitrogens with zero attached hydrogens (tertiary/aromatic N) is 2. The fourth-order valence-corrected chi connectivity index (χ4v) is 4.32. The fourth-order valence-electron chi connectivity index (χ4n) is 4.32. The maximum atomic E-state index is 5.88. The van der Waals surface area contributed by atoms with E-state index in [1.165, 1.54) is 38.5 Å². The molecular formula is C19H31N3O. The van der Waals surface area contributed by atoms with Crippen LogP contribution in [0.25, 0.3) is 0 Å². The summed E-state index contributed by atoms with van der Waals surface area (Å²) in [5, 5.41) is 3.88. The summed E-state index contributed by atoms with van der Waals surface area (Å²) in [4.78, 5) is 9.09. The SMILES string of the molecule is CC1CC(NC(CC2CCCCC2)c2ncccn2)CC(C)O1. The van der Waals surface area contributed by atoms with E-state index >= 15 is 0 Å². The van der Waals surface area contributed by atoms with E-state index in [0.717, 1.165) is 24.6 Å². The third kappa shape index (κ3) is 4.98. The quantitative estimate of drug-likeness (QED) is 0.890. The highest BCUT2D eigenvalue weighted by Gasteiger charge is 2.29. The molecule has 0 amide bonds. The molecule has 3 unspecified atom stereocenters.